The molecule has 14 heteroatoms. The van der Waals surface area contributed by atoms with Gasteiger partial charge in [0.1, 0.15) is 12.1 Å². The number of carbonyl (C=O) groups excluding carboxylic acids is 2. The summed E-state index contributed by atoms with van der Waals surface area (Å²) >= 11 is 4.44. The molecule has 2 aromatic carbocycles. The second-order valence-corrected chi connectivity index (χ2v) is 7.66. The van der Waals surface area contributed by atoms with Gasteiger partial charge in [-0.2, -0.15) is 21.3 Å². The predicted octanol–water partition coefficient (Wildman–Crippen LogP) is 4.46. The average molecular weight is 800 g/mol. The summed E-state index contributed by atoms with van der Waals surface area (Å²) in [5.41, 5.74) is 15.2. The number of methoxy groups -OCH3 is 2. The number of hydrogen-bond donors (Lipinski definition) is 4. The van der Waals surface area contributed by atoms with Crippen LogP contribution in [0.15, 0.2) is 48.5 Å². The molecule has 0 radical (unpaired) electrons. The van der Waals surface area contributed by atoms with Crippen molar-refractivity contribution in [1.82, 2.24) is 9.97 Å². The van der Waals surface area contributed by atoms with Gasteiger partial charge in [-0.15, -0.1) is 58.8 Å². The number of ether oxygens (including phenoxy) is 2. The second kappa shape index (κ2) is 25.9. The topological polar surface area (TPSA) is 184 Å². The number of aromatic nitrogens is 2. The number of nitriles is 2. The van der Waals surface area contributed by atoms with E-state index in [1.165, 1.54) is 28.1 Å². The van der Waals surface area contributed by atoms with Crippen molar-refractivity contribution < 1.29 is 55.4 Å². The standard InChI is InChI=1S/2C12H13N2O2.2C2H3N.2ClH.2Pd/c2*1-16-12(15)10(13)6-8-7-14-11-5-3-2-4-9(8)11;2*1-2-3;;;;/h2*2-5,10,14H,6,13H2,1H3;2*1H3;2*1H;;/q2*-1;;;;;2*+2/p-2/t2*10-;;;;;;/m00....../s1. The fourth-order valence-electron chi connectivity index (χ4n) is 3.36. The number of carbonyl (C=O) groups is 2. The monoisotopic (exact) mass is 798 g/mol. The maximum absolute atomic E-state index is 11.2. The van der Waals surface area contributed by atoms with Gasteiger partial charge in [0, 0.05) is 13.8 Å². The van der Waals surface area contributed by atoms with Gasteiger partial charge in [0.05, 0.1) is 26.4 Å². The van der Waals surface area contributed by atoms with Crippen LogP contribution in [0, 0.1) is 35.1 Å². The molecule has 2 atom stereocenters. The molecule has 0 bridgehead atoms. The summed E-state index contributed by atoms with van der Waals surface area (Å²) in [6, 6.07) is 17.9. The van der Waals surface area contributed by atoms with Gasteiger partial charge in [0.25, 0.3) is 0 Å². The minimum atomic E-state index is -0.638. The third-order valence-electron chi connectivity index (χ3n) is 5.06. The van der Waals surface area contributed by atoms with Crippen molar-refractivity contribution in [2.75, 3.05) is 14.2 Å². The van der Waals surface area contributed by atoms with E-state index in [0.29, 0.717) is 12.8 Å². The van der Waals surface area contributed by atoms with E-state index in [1.807, 2.05) is 48.5 Å². The van der Waals surface area contributed by atoms with Crippen LogP contribution in [0.1, 0.15) is 25.0 Å². The molecule has 0 amide bonds. The van der Waals surface area contributed by atoms with Crippen molar-refractivity contribution in [3.8, 4) is 12.1 Å². The molecular formula is C28H32Cl2N6O4Pd2. The molecule has 2 heterocycles. The van der Waals surface area contributed by atoms with Crippen LogP contribution in [0.25, 0.3) is 21.8 Å². The fraction of sp³-hybridized carbons (Fsp3) is 0.286. The number of hydrogen-bond acceptors (Lipinski definition) is 8. The van der Waals surface area contributed by atoms with Crippen LogP contribution >= 0.6 is 19.1 Å². The van der Waals surface area contributed by atoms with Crippen molar-refractivity contribution in [2.24, 2.45) is 11.5 Å². The van der Waals surface area contributed by atoms with E-state index in [2.05, 4.69) is 87.3 Å². The molecule has 0 aliphatic rings. The number of benzene rings is 2. The average Bonchev–Trinajstić information content (AvgIpc) is 3.63. The van der Waals surface area contributed by atoms with Crippen LogP contribution in [0.5, 0.6) is 0 Å². The molecule has 0 aliphatic heterocycles. The number of esters is 2. The van der Waals surface area contributed by atoms with Crippen LogP contribution < -0.4 is 11.5 Å². The number of fused-ring (bicyclic) bond motifs is 2. The van der Waals surface area contributed by atoms with Crippen molar-refractivity contribution in [3.05, 3.63) is 72.1 Å². The van der Waals surface area contributed by atoms with Crippen LogP contribution in [0.2, 0.25) is 0 Å². The third-order valence-corrected chi connectivity index (χ3v) is 5.06. The first-order valence-corrected chi connectivity index (χ1v) is 15.7. The van der Waals surface area contributed by atoms with E-state index >= 15 is 0 Å². The molecule has 10 nitrogen and oxygen atoms in total. The number of rotatable bonds is 6. The van der Waals surface area contributed by atoms with Crippen molar-refractivity contribution in [3.63, 3.8) is 0 Å². The Kier molecular flexibility index (Phi) is 25.6. The molecule has 0 fully saturated rings. The summed E-state index contributed by atoms with van der Waals surface area (Å²) in [4.78, 5) is 28.4. The summed E-state index contributed by atoms with van der Waals surface area (Å²) in [5, 5.41) is 16.7. The fourth-order valence-corrected chi connectivity index (χ4v) is 3.36. The molecule has 4 aromatic rings. The zero-order chi connectivity index (χ0) is 32.5. The van der Waals surface area contributed by atoms with Gasteiger partial charge in [0.15, 0.2) is 0 Å². The van der Waals surface area contributed by atoms with Gasteiger partial charge < -0.3 is 30.9 Å². The summed E-state index contributed by atoms with van der Waals surface area (Å²) in [6.45, 7) is 2.86. The Hall–Kier alpha value is -2.74. The number of nitrogens with one attached hydrogen (secondary N) is 2. The van der Waals surface area contributed by atoms with Crippen molar-refractivity contribution in [1.29, 1.82) is 10.5 Å². The van der Waals surface area contributed by atoms with Crippen LogP contribution in [0.3, 0.4) is 0 Å². The second-order valence-electron chi connectivity index (χ2n) is 7.66. The molecular weight excluding hydrogens is 768 g/mol. The Balaban J connectivity index is 0. The van der Waals surface area contributed by atoms with E-state index in [-0.39, 0.29) is 0 Å². The molecule has 4 rings (SSSR count). The molecule has 2 aromatic heterocycles. The SMILES string of the molecule is CC#N.CC#N.COC(=O)[C@@H](N)Cc1[c-][nH]c2ccccc12.COC(=O)[C@@H](N)Cc1[c-][nH]c2ccccc12.[Cl][Pd+].[Cl][Pd+]. The Morgan fingerprint density at radius 1 is 0.786 bits per heavy atom. The summed E-state index contributed by atoms with van der Waals surface area (Å²) in [6.07, 6.45) is 6.88. The van der Waals surface area contributed by atoms with Crippen LogP contribution in [-0.4, -0.2) is 48.2 Å². The molecule has 42 heavy (non-hydrogen) atoms. The normalized spacial score (nSPS) is 10.3. The third kappa shape index (κ3) is 14.9. The van der Waals surface area contributed by atoms with E-state index in [4.69, 9.17) is 22.0 Å². The van der Waals surface area contributed by atoms with Crippen LogP contribution in [-0.2, 0) is 68.3 Å². The molecule has 232 valence electrons. The first-order valence-electron chi connectivity index (χ1n) is 11.7. The van der Waals surface area contributed by atoms with E-state index in [9.17, 15) is 9.59 Å². The minimum absolute atomic E-state index is 0.404. The number of nitrogens with zero attached hydrogens (tertiary/aromatic N) is 2. The Labute approximate surface area is 275 Å². The number of aromatic amines is 2. The summed E-state index contributed by atoms with van der Waals surface area (Å²) in [5.74, 6) is -0.808. The molecule has 0 saturated heterocycles. The van der Waals surface area contributed by atoms with Crippen molar-refractivity contribution in [2.45, 2.75) is 38.8 Å². The van der Waals surface area contributed by atoms with Gasteiger partial charge in [-0.3, -0.25) is 9.59 Å². The van der Waals surface area contributed by atoms with E-state index < -0.39 is 24.0 Å². The maximum atomic E-state index is 11.2. The van der Waals surface area contributed by atoms with E-state index in [0.717, 1.165) is 32.9 Å². The zero-order valence-electron chi connectivity index (χ0n) is 23.3. The number of halogens is 2. The van der Waals surface area contributed by atoms with Gasteiger partial charge in [-0.25, -0.2) is 0 Å². The summed E-state index contributed by atoms with van der Waals surface area (Å²) < 4.78 is 9.17. The first kappa shape index (κ1) is 41.4. The number of H-pyrrole nitrogens is 2. The van der Waals surface area contributed by atoms with Gasteiger partial charge in [-0.05, 0) is 12.8 Å². The summed E-state index contributed by atoms with van der Waals surface area (Å²) in [7, 11) is 11.6. The molecule has 0 saturated carbocycles. The molecule has 6 N–H and O–H groups in total. The van der Waals surface area contributed by atoms with E-state index in [1.54, 1.807) is 12.1 Å². The number of para-hydroxylation sites is 2. The molecule has 0 spiro atoms. The Morgan fingerprint density at radius 2 is 1.07 bits per heavy atom. The zero-order valence-corrected chi connectivity index (χ0v) is 27.9. The molecule has 0 aliphatic carbocycles. The first-order chi connectivity index (χ1) is 20.3. The quantitative estimate of drug-likeness (QED) is 0.125. The number of nitrogens with two attached hydrogens (primary N) is 2. The van der Waals surface area contributed by atoms with Gasteiger partial charge >= 0.3 is 67.4 Å². The van der Waals surface area contributed by atoms with Crippen molar-refractivity contribution >= 4 is 52.8 Å². The van der Waals surface area contributed by atoms with Crippen LogP contribution in [0.4, 0.5) is 0 Å². The van der Waals surface area contributed by atoms with Gasteiger partial charge in [0.2, 0.25) is 0 Å². The molecule has 0 unspecified atom stereocenters. The Morgan fingerprint density at radius 3 is 1.36 bits per heavy atom. The van der Waals surface area contributed by atoms with Gasteiger partial charge in [-0.1, -0.05) is 24.3 Å². The predicted molar refractivity (Wildman–Crippen MR) is 156 cm³/mol. The Bertz CT molecular complexity index is 1300.